The summed E-state index contributed by atoms with van der Waals surface area (Å²) >= 11 is 0. The van der Waals surface area contributed by atoms with Crippen molar-refractivity contribution in [3.63, 3.8) is 0 Å². The Bertz CT molecular complexity index is 1110. The normalized spacial score (nSPS) is 10.8. The van der Waals surface area contributed by atoms with E-state index in [-0.39, 0.29) is 12.4 Å². The number of carbonyl (C=O) groups is 1. The molecule has 1 N–H and O–H groups in total. The highest BCUT2D eigenvalue weighted by molar-refractivity contribution is 5.86. The summed E-state index contributed by atoms with van der Waals surface area (Å²) < 4.78 is 16.2. The second-order valence-electron chi connectivity index (χ2n) is 7.52. The maximum absolute atomic E-state index is 11.5. The minimum atomic E-state index is -0.410. The average molecular weight is 440 g/mol. The van der Waals surface area contributed by atoms with Crippen LogP contribution >= 0.6 is 0 Å². The van der Waals surface area contributed by atoms with Crippen molar-refractivity contribution in [1.29, 1.82) is 0 Å². The standard InChI is InChI=1S/C24H29N3O5/c1-5-6-8-17-13-19(31-11-7-12-32-24(29)16(2)3)15-22(23(17)28)27-25-20-10-9-18(30-4)14-21(20)26-27/h9-10,13-15,28H,2,5-8,11-12H2,1,3-4H3. The minimum absolute atomic E-state index is 0.133. The summed E-state index contributed by atoms with van der Waals surface area (Å²) in [4.78, 5) is 12.9. The van der Waals surface area contributed by atoms with E-state index in [4.69, 9.17) is 14.2 Å². The lowest BCUT2D eigenvalue weighted by Gasteiger charge is -2.13. The summed E-state index contributed by atoms with van der Waals surface area (Å²) in [5, 5.41) is 19.9. The van der Waals surface area contributed by atoms with Gasteiger partial charge in [0.15, 0.2) is 0 Å². The fourth-order valence-electron chi connectivity index (χ4n) is 3.11. The Morgan fingerprint density at radius 1 is 1.09 bits per heavy atom. The van der Waals surface area contributed by atoms with Crippen molar-refractivity contribution in [3.8, 4) is 22.9 Å². The molecule has 1 aromatic heterocycles. The molecule has 0 bridgehead atoms. The second kappa shape index (κ2) is 10.7. The van der Waals surface area contributed by atoms with Gasteiger partial charge in [-0.25, -0.2) is 4.79 Å². The smallest absolute Gasteiger partial charge is 0.333 e. The molecule has 0 aliphatic heterocycles. The molecule has 0 atom stereocenters. The molecule has 0 aliphatic rings. The number of hydrogen-bond donors (Lipinski definition) is 1. The van der Waals surface area contributed by atoms with Crippen molar-refractivity contribution in [2.24, 2.45) is 0 Å². The van der Waals surface area contributed by atoms with Crippen molar-refractivity contribution >= 4 is 17.0 Å². The summed E-state index contributed by atoms with van der Waals surface area (Å²) in [7, 11) is 1.59. The number of methoxy groups -OCH3 is 1. The number of aromatic nitrogens is 3. The van der Waals surface area contributed by atoms with E-state index < -0.39 is 5.97 Å². The summed E-state index contributed by atoms with van der Waals surface area (Å²) in [6.45, 7) is 7.86. The van der Waals surface area contributed by atoms with Crippen molar-refractivity contribution in [3.05, 3.63) is 48.0 Å². The zero-order valence-electron chi connectivity index (χ0n) is 18.8. The number of unbranched alkanes of at least 4 members (excludes halogenated alkanes) is 1. The number of benzene rings is 2. The minimum Gasteiger partial charge on any atom is -0.505 e. The van der Waals surface area contributed by atoms with E-state index in [1.54, 1.807) is 26.2 Å². The van der Waals surface area contributed by atoms with Crippen LogP contribution in [0.15, 0.2) is 42.5 Å². The topological polar surface area (TPSA) is 95.7 Å². The lowest BCUT2D eigenvalue weighted by atomic mass is 10.1. The van der Waals surface area contributed by atoms with Crippen LogP contribution in [-0.2, 0) is 16.0 Å². The third-order valence-electron chi connectivity index (χ3n) is 4.88. The maximum Gasteiger partial charge on any atom is 0.333 e. The van der Waals surface area contributed by atoms with Crippen LogP contribution in [0, 0.1) is 0 Å². The Morgan fingerprint density at radius 3 is 2.59 bits per heavy atom. The van der Waals surface area contributed by atoms with Gasteiger partial charge in [0, 0.05) is 24.1 Å². The Morgan fingerprint density at radius 2 is 1.88 bits per heavy atom. The zero-order chi connectivity index (χ0) is 23.1. The quantitative estimate of drug-likeness (QED) is 0.269. The van der Waals surface area contributed by atoms with Gasteiger partial charge in [-0.15, -0.1) is 15.0 Å². The number of phenols is 1. The number of ether oxygens (including phenoxy) is 3. The molecular formula is C24H29N3O5. The van der Waals surface area contributed by atoms with Gasteiger partial charge in [-0.05, 0) is 43.5 Å². The Labute approximate surface area is 187 Å². The maximum atomic E-state index is 11.5. The number of phenolic OH excluding ortho intramolecular Hbond substituents is 1. The monoisotopic (exact) mass is 439 g/mol. The van der Waals surface area contributed by atoms with Crippen molar-refractivity contribution in [1.82, 2.24) is 15.0 Å². The van der Waals surface area contributed by atoms with Gasteiger partial charge in [0.25, 0.3) is 0 Å². The van der Waals surface area contributed by atoms with E-state index in [0.717, 1.165) is 18.4 Å². The van der Waals surface area contributed by atoms with E-state index in [1.807, 2.05) is 18.2 Å². The number of hydrogen-bond acceptors (Lipinski definition) is 7. The van der Waals surface area contributed by atoms with Gasteiger partial charge in [0.1, 0.15) is 34.0 Å². The highest BCUT2D eigenvalue weighted by Gasteiger charge is 2.16. The van der Waals surface area contributed by atoms with Crippen LogP contribution < -0.4 is 9.47 Å². The van der Waals surface area contributed by atoms with Crippen molar-refractivity contribution < 1.29 is 24.1 Å². The van der Waals surface area contributed by atoms with E-state index in [9.17, 15) is 9.90 Å². The molecule has 8 nitrogen and oxygen atoms in total. The van der Waals surface area contributed by atoms with Gasteiger partial charge in [-0.3, -0.25) is 0 Å². The van der Waals surface area contributed by atoms with Crippen molar-refractivity contribution in [2.75, 3.05) is 20.3 Å². The van der Waals surface area contributed by atoms with Crippen LogP contribution in [0.3, 0.4) is 0 Å². The fourth-order valence-corrected chi connectivity index (χ4v) is 3.11. The highest BCUT2D eigenvalue weighted by Crippen LogP contribution is 2.33. The molecule has 0 fully saturated rings. The number of nitrogens with zero attached hydrogens (tertiary/aromatic N) is 3. The van der Waals surface area contributed by atoms with E-state index in [1.165, 1.54) is 4.80 Å². The Balaban J connectivity index is 1.82. The van der Waals surface area contributed by atoms with E-state index >= 15 is 0 Å². The first-order valence-electron chi connectivity index (χ1n) is 10.7. The zero-order valence-corrected chi connectivity index (χ0v) is 18.8. The average Bonchev–Trinajstić information content (AvgIpc) is 3.21. The van der Waals surface area contributed by atoms with E-state index in [0.29, 0.717) is 53.2 Å². The predicted octanol–water partition coefficient (Wildman–Crippen LogP) is 4.37. The lowest BCUT2D eigenvalue weighted by Crippen LogP contribution is -2.09. The molecule has 3 rings (SSSR count). The molecule has 0 aliphatic carbocycles. The molecule has 170 valence electrons. The molecule has 2 aromatic carbocycles. The first-order chi connectivity index (χ1) is 15.4. The van der Waals surface area contributed by atoms with Gasteiger partial charge in [0.05, 0.1) is 20.3 Å². The van der Waals surface area contributed by atoms with Crippen LogP contribution in [0.1, 0.15) is 38.7 Å². The fraction of sp³-hybridized carbons (Fsp3) is 0.375. The Hall–Kier alpha value is -3.55. The van der Waals surface area contributed by atoms with Crippen molar-refractivity contribution in [2.45, 2.75) is 39.5 Å². The lowest BCUT2D eigenvalue weighted by molar-refractivity contribution is -0.139. The predicted molar refractivity (Wildman–Crippen MR) is 122 cm³/mol. The molecule has 3 aromatic rings. The molecule has 0 unspecified atom stereocenters. The molecule has 0 spiro atoms. The molecule has 1 heterocycles. The SMILES string of the molecule is C=C(C)C(=O)OCCCOc1cc(CCCC)c(O)c(-n2nc3ccc(OC)cc3n2)c1. The first-order valence-corrected chi connectivity index (χ1v) is 10.7. The van der Waals surface area contributed by atoms with Gasteiger partial charge < -0.3 is 19.3 Å². The van der Waals surface area contributed by atoms with Crippen LogP contribution in [0.25, 0.3) is 16.7 Å². The van der Waals surface area contributed by atoms with E-state index in [2.05, 4.69) is 23.7 Å². The third kappa shape index (κ3) is 5.57. The first kappa shape index (κ1) is 23.1. The van der Waals surface area contributed by atoms with Gasteiger partial charge >= 0.3 is 5.97 Å². The number of aromatic hydroxyl groups is 1. The number of aryl methyl sites for hydroxylation is 1. The van der Waals surface area contributed by atoms with Crippen LogP contribution in [-0.4, -0.2) is 46.4 Å². The molecule has 32 heavy (non-hydrogen) atoms. The Kier molecular flexibility index (Phi) is 7.70. The molecule has 8 heteroatoms. The van der Waals surface area contributed by atoms with Gasteiger partial charge in [-0.1, -0.05) is 19.9 Å². The van der Waals surface area contributed by atoms with Crippen LogP contribution in [0.4, 0.5) is 0 Å². The van der Waals surface area contributed by atoms with Gasteiger partial charge in [0.2, 0.25) is 0 Å². The largest absolute Gasteiger partial charge is 0.505 e. The third-order valence-corrected chi connectivity index (χ3v) is 4.88. The van der Waals surface area contributed by atoms with Gasteiger partial charge in [-0.2, -0.15) is 0 Å². The molecule has 0 amide bonds. The van der Waals surface area contributed by atoms with Crippen LogP contribution in [0.5, 0.6) is 17.2 Å². The second-order valence-corrected chi connectivity index (χ2v) is 7.52. The number of rotatable bonds is 11. The molecule has 0 saturated carbocycles. The highest BCUT2D eigenvalue weighted by atomic mass is 16.5. The summed E-state index contributed by atoms with van der Waals surface area (Å²) in [5.41, 5.74) is 2.92. The summed E-state index contributed by atoms with van der Waals surface area (Å²) in [5.74, 6) is 0.997. The number of carbonyl (C=O) groups excluding carboxylic acids is 1. The molecular weight excluding hydrogens is 410 g/mol. The molecule has 0 saturated heterocycles. The molecule has 0 radical (unpaired) electrons. The van der Waals surface area contributed by atoms with Crippen LogP contribution in [0.2, 0.25) is 0 Å². The number of esters is 1. The summed E-state index contributed by atoms with van der Waals surface area (Å²) in [6.07, 6.45) is 3.16. The number of fused-ring (bicyclic) bond motifs is 1. The summed E-state index contributed by atoms with van der Waals surface area (Å²) in [6, 6.07) is 8.97.